The molecule has 4 aromatic carbocycles. The van der Waals surface area contributed by atoms with Gasteiger partial charge in [0.15, 0.2) is 7.14 Å². The first-order chi connectivity index (χ1) is 16.3. The van der Waals surface area contributed by atoms with Crippen molar-refractivity contribution in [3.8, 4) is 5.95 Å². The third-order valence-electron chi connectivity index (χ3n) is 6.01. The van der Waals surface area contributed by atoms with Gasteiger partial charge in [0, 0.05) is 39.1 Å². The maximum absolute atomic E-state index is 14.8. The molecule has 0 radical (unpaired) electrons. The quantitative estimate of drug-likeness (QED) is 0.350. The molecule has 0 saturated carbocycles. The minimum Gasteiger partial charge on any atom is -0.309 e. The van der Waals surface area contributed by atoms with Gasteiger partial charge in [0.2, 0.25) is 5.95 Å². The summed E-state index contributed by atoms with van der Waals surface area (Å²) in [4.78, 5) is 8.97. The molecule has 0 fully saturated rings. The second-order valence-electron chi connectivity index (χ2n) is 7.88. The number of hydrogen-bond donors (Lipinski definition) is 0. The molecule has 0 unspecified atom stereocenters. The summed E-state index contributed by atoms with van der Waals surface area (Å²) in [5, 5.41) is 4.57. The van der Waals surface area contributed by atoms with Crippen LogP contribution >= 0.6 is 7.14 Å². The van der Waals surface area contributed by atoms with Gasteiger partial charge in [-0.05, 0) is 30.3 Å². The topological polar surface area (TPSA) is 47.8 Å². The lowest BCUT2D eigenvalue weighted by Crippen LogP contribution is -2.24. The Kier molecular flexibility index (Phi) is 4.67. The van der Waals surface area contributed by atoms with Crippen LogP contribution in [0.25, 0.3) is 27.8 Å². The number of benzene rings is 4. The van der Waals surface area contributed by atoms with E-state index in [4.69, 9.17) is 0 Å². The van der Waals surface area contributed by atoms with Crippen LogP contribution in [0.15, 0.2) is 122 Å². The molecule has 0 amide bonds. The first-order valence-corrected chi connectivity index (χ1v) is 12.5. The zero-order chi connectivity index (χ0) is 22.3. The Morgan fingerprint density at radius 1 is 0.545 bits per heavy atom. The first-order valence-electron chi connectivity index (χ1n) is 10.8. The van der Waals surface area contributed by atoms with Gasteiger partial charge in [0.25, 0.3) is 0 Å². The van der Waals surface area contributed by atoms with Gasteiger partial charge in [-0.1, -0.05) is 78.9 Å². The molecular weight excluding hydrogens is 425 g/mol. The van der Waals surface area contributed by atoms with E-state index in [0.29, 0.717) is 5.95 Å². The lowest BCUT2D eigenvalue weighted by atomic mass is 10.1. The molecule has 2 aromatic heterocycles. The molecule has 5 heteroatoms. The minimum absolute atomic E-state index is 0.616. The molecule has 2 heterocycles. The zero-order valence-electron chi connectivity index (χ0n) is 17.7. The highest BCUT2D eigenvalue weighted by atomic mass is 31.2. The molecule has 33 heavy (non-hydrogen) atoms. The van der Waals surface area contributed by atoms with Crippen molar-refractivity contribution < 1.29 is 4.57 Å². The van der Waals surface area contributed by atoms with Crippen molar-refractivity contribution in [1.29, 1.82) is 0 Å². The monoisotopic (exact) mass is 445 g/mol. The van der Waals surface area contributed by atoms with E-state index < -0.39 is 7.14 Å². The Bertz CT molecular complexity index is 1580. The summed E-state index contributed by atoms with van der Waals surface area (Å²) >= 11 is 0. The molecular formula is C28H20N3OP. The van der Waals surface area contributed by atoms with Gasteiger partial charge in [-0.3, -0.25) is 4.57 Å². The average Bonchev–Trinajstić information content (AvgIpc) is 3.23. The number of rotatable bonds is 4. The molecule has 0 aliphatic carbocycles. The fourth-order valence-corrected chi connectivity index (χ4v) is 7.18. The van der Waals surface area contributed by atoms with Crippen LogP contribution < -0.4 is 15.9 Å². The van der Waals surface area contributed by atoms with Crippen molar-refractivity contribution in [2.45, 2.75) is 0 Å². The van der Waals surface area contributed by atoms with Crippen molar-refractivity contribution in [2.24, 2.45) is 0 Å². The van der Waals surface area contributed by atoms with Crippen LogP contribution in [0.5, 0.6) is 0 Å². The van der Waals surface area contributed by atoms with E-state index in [1.807, 2.05) is 91.0 Å². The van der Waals surface area contributed by atoms with E-state index in [2.05, 4.69) is 32.7 Å². The average molecular weight is 445 g/mol. The van der Waals surface area contributed by atoms with Crippen LogP contribution in [0.3, 0.4) is 0 Å². The highest BCUT2D eigenvalue weighted by molar-refractivity contribution is 7.85. The molecule has 6 rings (SSSR count). The van der Waals surface area contributed by atoms with Crippen LogP contribution in [0.2, 0.25) is 0 Å². The second-order valence-corrected chi connectivity index (χ2v) is 10.7. The summed E-state index contributed by atoms with van der Waals surface area (Å²) in [5.41, 5.74) is 2.00. The van der Waals surface area contributed by atoms with Crippen molar-refractivity contribution >= 4 is 44.9 Å². The Hall–Kier alpha value is -4.01. The SMILES string of the molecule is O=P(c1ccccc1)(c1ccccc1)c1ccc2c(c1)c1ccccc1n2-c1ncccn1. The zero-order valence-corrected chi connectivity index (χ0v) is 18.6. The fourth-order valence-electron chi connectivity index (χ4n) is 4.50. The Morgan fingerprint density at radius 2 is 1.12 bits per heavy atom. The number of hydrogen-bond acceptors (Lipinski definition) is 3. The summed E-state index contributed by atoms with van der Waals surface area (Å²) < 4.78 is 16.9. The van der Waals surface area contributed by atoms with E-state index >= 15 is 0 Å². The molecule has 0 atom stereocenters. The van der Waals surface area contributed by atoms with Crippen LogP contribution in [0.1, 0.15) is 0 Å². The minimum atomic E-state index is -3.06. The Labute approximate surface area is 191 Å². The van der Waals surface area contributed by atoms with E-state index in [1.54, 1.807) is 12.4 Å². The summed E-state index contributed by atoms with van der Waals surface area (Å²) in [5.74, 6) is 0.616. The Balaban J connectivity index is 1.67. The molecule has 0 saturated heterocycles. The predicted molar refractivity (Wildman–Crippen MR) is 136 cm³/mol. The molecule has 0 aliphatic heterocycles. The molecule has 0 N–H and O–H groups in total. The van der Waals surface area contributed by atoms with Gasteiger partial charge >= 0.3 is 0 Å². The third-order valence-corrected chi connectivity index (χ3v) is 9.07. The maximum Gasteiger partial charge on any atom is 0.234 e. The molecule has 4 nitrogen and oxygen atoms in total. The largest absolute Gasteiger partial charge is 0.309 e. The predicted octanol–water partition coefficient (Wildman–Crippen LogP) is 5.21. The van der Waals surface area contributed by atoms with Crippen LogP contribution in [0, 0.1) is 0 Å². The summed E-state index contributed by atoms with van der Waals surface area (Å²) in [6, 6.07) is 35.6. The van der Waals surface area contributed by atoms with Crippen molar-refractivity contribution in [2.75, 3.05) is 0 Å². The number of fused-ring (bicyclic) bond motifs is 3. The number of aromatic nitrogens is 3. The highest BCUT2D eigenvalue weighted by Gasteiger charge is 2.30. The third kappa shape index (κ3) is 3.11. The van der Waals surface area contributed by atoms with Gasteiger partial charge in [-0.15, -0.1) is 0 Å². The lowest BCUT2D eigenvalue weighted by molar-refractivity contribution is 0.592. The van der Waals surface area contributed by atoms with Crippen molar-refractivity contribution in [3.05, 3.63) is 122 Å². The van der Waals surface area contributed by atoms with Crippen LogP contribution in [-0.4, -0.2) is 14.5 Å². The second kappa shape index (κ2) is 7.84. The Morgan fingerprint density at radius 3 is 1.79 bits per heavy atom. The molecule has 0 spiro atoms. The summed E-state index contributed by atoms with van der Waals surface area (Å²) in [7, 11) is -3.06. The first kappa shape index (κ1) is 19.7. The molecule has 158 valence electrons. The molecule has 6 aromatic rings. The van der Waals surface area contributed by atoms with Crippen molar-refractivity contribution in [1.82, 2.24) is 14.5 Å². The summed E-state index contributed by atoms with van der Waals surface area (Å²) in [6.07, 6.45) is 3.49. The fraction of sp³-hybridized carbons (Fsp3) is 0. The summed E-state index contributed by atoms with van der Waals surface area (Å²) in [6.45, 7) is 0. The van der Waals surface area contributed by atoms with Gasteiger partial charge < -0.3 is 4.57 Å². The van der Waals surface area contributed by atoms with E-state index in [9.17, 15) is 4.57 Å². The van der Waals surface area contributed by atoms with Gasteiger partial charge in [0.05, 0.1) is 11.0 Å². The van der Waals surface area contributed by atoms with E-state index in [1.165, 1.54) is 0 Å². The number of nitrogens with zero attached hydrogens (tertiary/aromatic N) is 3. The van der Waals surface area contributed by atoms with Crippen LogP contribution in [-0.2, 0) is 4.57 Å². The van der Waals surface area contributed by atoms with E-state index in [-0.39, 0.29) is 0 Å². The lowest BCUT2D eigenvalue weighted by Gasteiger charge is -2.20. The molecule has 0 bridgehead atoms. The van der Waals surface area contributed by atoms with Crippen LogP contribution in [0.4, 0.5) is 0 Å². The maximum atomic E-state index is 14.8. The van der Waals surface area contributed by atoms with Gasteiger partial charge in [-0.2, -0.15) is 0 Å². The highest BCUT2D eigenvalue weighted by Crippen LogP contribution is 2.43. The molecule has 0 aliphatic rings. The van der Waals surface area contributed by atoms with Gasteiger partial charge in [-0.25, -0.2) is 9.97 Å². The normalized spacial score (nSPS) is 11.8. The standard InChI is InChI=1S/C28H20N3OP/c32-33(21-10-3-1-4-11-21,22-12-5-2-6-13-22)23-16-17-27-25(20-23)24-14-7-8-15-26(24)31(27)28-29-18-9-19-30-28/h1-20H. The van der Waals surface area contributed by atoms with Crippen molar-refractivity contribution in [3.63, 3.8) is 0 Å². The van der Waals surface area contributed by atoms with Gasteiger partial charge in [0.1, 0.15) is 0 Å². The smallest absolute Gasteiger partial charge is 0.234 e. The van der Waals surface area contributed by atoms with E-state index in [0.717, 1.165) is 37.7 Å². The number of para-hydroxylation sites is 1.